The first-order valence-corrected chi connectivity index (χ1v) is 11.5. The number of imide groups is 1. The molecule has 0 aromatic heterocycles. The van der Waals surface area contributed by atoms with Gasteiger partial charge in [0.05, 0.1) is 16.5 Å². The first-order chi connectivity index (χ1) is 14.5. The molecular formula is C23H23ClN2O3S. The van der Waals surface area contributed by atoms with Crippen molar-refractivity contribution >= 4 is 46.8 Å². The molecule has 2 aromatic rings. The lowest BCUT2D eigenvalue weighted by Crippen LogP contribution is -2.32. The van der Waals surface area contributed by atoms with Gasteiger partial charge < -0.3 is 4.90 Å². The molecule has 4 rings (SSSR count). The van der Waals surface area contributed by atoms with Gasteiger partial charge in [-0.2, -0.15) is 0 Å². The molecular weight excluding hydrogens is 420 g/mol. The summed E-state index contributed by atoms with van der Waals surface area (Å²) in [5.74, 6) is -0.494. The maximum Gasteiger partial charge on any atom is 0.254 e. The van der Waals surface area contributed by atoms with Crippen LogP contribution in [0.4, 0.5) is 5.69 Å². The van der Waals surface area contributed by atoms with Gasteiger partial charge in [0.1, 0.15) is 0 Å². The van der Waals surface area contributed by atoms with Crippen molar-refractivity contribution in [1.82, 2.24) is 4.90 Å². The minimum Gasteiger partial charge on any atom is -0.339 e. The van der Waals surface area contributed by atoms with E-state index in [1.165, 1.54) is 16.7 Å². The Morgan fingerprint density at radius 3 is 2.30 bits per heavy atom. The number of hydrogen-bond donors (Lipinski definition) is 0. The summed E-state index contributed by atoms with van der Waals surface area (Å²) in [6.07, 6.45) is 4.45. The number of nitrogens with zero attached hydrogens (tertiary/aromatic N) is 2. The minimum absolute atomic E-state index is 0.00586. The van der Waals surface area contributed by atoms with Crippen LogP contribution in [0, 0.1) is 0 Å². The molecule has 156 valence electrons. The lowest BCUT2D eigenvalue weighted by Gasteiger charge is -2.22. The molecule has 0 N–H and O–H groups in total. The van der Waals surface area contributed by atoms with E-state index < -0.39 is 5.25 Å². The van der Waals surface area contributed by atoms with E-state index in [0.29, 0.717) is 16.3 Å². The molecule has 2 aliphatic heterocycles. The van der Waals surface area contributed by atoms with Gasteiger partial charge in [-0.25, -0.2) is 4.90 Å². The first kappa shape index (κ1) is 20.9. The van der Waals surface area contributed by atoms with Crippen LogP contribution in [0.25, 0.3) is 0 Å². The number of carbonyl (C=O) groups excluding carboxylic acids is 3. The molecule has 2 saturated heterocycles. The second kappa shape index (κ2) is 9.23. The highest BCUT2D eigenvalue weighted by molar-refractivity contribution is 8.00. The molecule has 5 nitrogen and oxygen atoms in total. The standard InChI is InChI=1S/C23H23ClN2O3S/c24-16-9-11-17(12-10-16)26-21(27)15-20(23(26)29)30-19-8-4-3-7-18(19)22(28)25-13-5-1-2-6-14-25/h3-4,7-12,20H,1-2,5-6,13-15H2. The molecule has 2 aromatic carbocycles. The average Bonchev–Trinajstić information content (AvgIpc) is 2.93. The highest BCUT2D eigenvalue weighted by atomic mass is 35.5. The van der Waals surface area contributed by atoms with Crippen LogP contribution < -0.4 is 4.90 Å². The van der Waals surface area contributed by atoms with Gasteiger partial charge in [0.2, 0.25) is 11.8 Å². The molecule has 3 amide bonds. The Bertz CT molecular complexity index is 955. The van der Waals surface area contributed by atoms with Crippen LogP contribution in [0.15, 0.2) is 53.4 Å². The number of benzene rings is 2. The maximum atomic E-state index is 13.1. The molecule has 2 aliphatic rings. The number of rotatable bonds is 4. The van der Waals surface area contributed by atoms with Crippen molar-refractivity contribution in [1.29, 1.82) is 0 Å². The van der Waals surface area contributed by atoms with Crippen molar-refractivity contribution in [2.24, 2.45) is 0 Å². The molecule has 1 unspecified atom stereocenters. The fourth-order valence-electron chi connectivity index (χ4n) is 3.90. The van der Waals surface area contributed by atoms with Crippen molar-refractivity contribution in [3.8, 4) is 0 Å². The van der Waals surface area contributed by atoms with Crippen LogP contribution in [0.3, 0.4) is 0 Å². The Labute approximate surface area is 185 Å². The van der Waals surface area contributed by atoms with Crippen LogP contribution in [0.5, 0.6) is 0 Å². The van der Waals surface area contributed by atoms with E-state index in [-0.39, 0.29) is 24.1 Å². The Morgan fingerprint density at radius 2 is 1.60 bits per heavy atom. The summed E-state index contributed by atoms with van der Waals surface area (Å²) in [4.78, 5) is 42.6. The molecule has 0 aliphatic carbocycles. The Hall–Kier alpha value is -2.31. The van der Waals surface area contributed by atoms with Crippen molar-refractivity contribution < 1.29 is 14.4 Å². The van der Waals surface area contributed by atoms with Crippen molar-refractivity contribution in [3.63, 3.8) is 0 Å². The smallest absolute Gasteiger partial charge is 0.254 e. The van der Waals surface area contributed by atoms with Gasteiger partial charge in [0.25, 0.3) is 5.91 Å². The Kier molecular flexibility index (Phi) is 6.44. The summed E-state index contributed by atoms with van der Waals surface area (Å²) in [7, 11) is 0. The molecule has 0 spiro atoms. The van der Waals surface area contributed by atoms with Crippen molar-refractivity contribution in [2.75, 3.05) is 18.0 Å². The van der Waals surface area contributed by atoms with Gasteiger partial charge in [-0.3, -0.25) is 14.4 Å². The van der Waals surface area contributed by atoms with Crippen LogP contribution in [0.2, 0.25) is 5.02 Å². The molecule has 0 bridgehead atoms. The third-order valence-electron chi connectivity index (χ3n) is 5.47. The SMILES string of the molecule is O=C(c1ccccc1SC1CC(=O)N(c2ccc(Cl)cc2)C1=O)N1CCCCCC1. The van der Waals surface area contributed by atoms with Gasteiger partial charge in [0, 0.05) is 29.4 Å². The number of carbonyl (C=O) groups is 3. The van der Waals surface area contributed by atoms with Crippen LogP contribution in [-0.4, -0.2) is 41.0 Å². The summed E-state index contributed by atoms with van der Waals surface area (Å²) in [5.41, 5.74) is 1.13. The molecule has 2 heterocycles. The number of anilines is 1. The summed E-state index contributed by atoms with van der Waals surface area (Å²) in [6, 6.07) is 14.0. The normalized spacial score (nSPS) is 19.8. The van der Waals surface area contributed by atoms with Crippen molar-refractivity contribution in [2.45, 2.75) is 42.2 Å². The summed E-state index contributed by atoms with van der Waals surface area (Å²) in [6.45, 7) is 1.53. The lowest BCUT2D eigenvalue weighted by molar-refractivity contribution is -0.121. The average molecular weight is 443 g/mol. The lowest BCUT2D eigenvalue weighted by atomic mass is 10.2. The zero-order valence-electron chi connectivity index (χ0n) is 16.6. The number of hydrogen-bond acceptors (Lipinski definition) is 4. The summed E-state index contributed by atoms with van der Waals surface area (Å²) < 4.78 is 0. The van der Waals surface area contributed by atoms with Gasteiger partial charge >= 0.3 is 0 Å². The van der Waals surface area contributed by atoms with E-state index in [4.69, 9.17) is 11.6 Å². The van der Waals surface area contributed by atoms with Gasteiger partial charge in [-0.15, -0.1) is 11.8 Å². The third-order valence-corrected chi connectivity index (χ3v) is 6.98. The van der Waals surface area contributed by atoms with Crippen molar-refractivity contribution in [3.05, 3.63) is 59.1 Å². The first-order valence-electron chi connectivity index (χ1n) is 10.2. The highest BCUT2D eigenvalue weighted by Crippen LogP contribution is 2.36. The minimum atomic E-state index is -0.550. The van der Waals surface area contributed by atoms with E-state index in [9.17, 15) is 14.4 Å². The zero-order chi connectivity index (χ0) is 21.1. The Morgan fingerprint density at radius 1 is 0.933 bits per heavy atom. The largest absolute Gasteiger partial charge is 0.339 e. The summed E-state index contributed by atoms with van der Waals surface area (Å²) >= 11 is 7.22. The molecule has 2 fully saturated rings. The van der Waals surface area contributed by atoms with E-state index in [0.717, 1.165) is 43.7 Å². The maximum absolute atomic E-state index is 13.1. The van der Waals surface area contributed by atoms with E-state index in [1.54, 1.807) is 24.3 Å². The third kappa shape index (κ3) is 4.40. The topological polar surface area (TPSA) is 57.7 Å². The molecule has 1 atom stereocenters. The number of likely N-dealkylation sites (tertiary alicyclic amines) is 1. The second-order valence-corrected chi connectivity index (χ2v) is 9.24. The zero-order valence-corrected chi connectivity index (χ0v) is 18.1. The summed E-state index contributed by atoms with van der Waals surface area (Å²) in [5, 5.41) is -0.00372. The van der Waals surface area contributed by atoms with E-state index in [2.05, 4.69) is 0 Å². The molecule has 0 radical (unpaired) electrons. The van der Waals surface area contributed by atoms with E-state index in [1.807, 2.05) is 29.2 Å². The fraction of sp³-hybridized carbons (Fsp3) is 0.348. The highest BCUT2D eigenvalue weighted by Gasteiger charge is 2.40. The van der Waals surface area contributed by atoms with Crippen LogP contribution >= 0.6 is 23.4 Å². The predicted molar refractivity (Wildman–Crippen MR) is 119 cm³/mol. The molecule has 0 saturated carbocycles. The van der Waals surface area contributed by atoms with Gasteiger partial charge in [-0.1, -0.05) is 36.6 Å². The van der Waals surface area contributed by atoms with E-state index >= 15 is 0 Å². The number of halogens is 1. The van der Waals surface area contributed by atoms with Gasteiger partial charge in [0.15, 0.2) is 0 Å². The number of amides is 3. The number of thioether (sulfide) groups is 1. The second-order valence-electron chi connectivity index (χ2n) is 7.56. The quantitative estimate of drug-likeness (QED) is 0.639. The Balaban J connectivity index is 1.53. The fourth-order valence-corrected chi connectivity index (χ4v) is 5.21. The monoisotopic (exact) mass is 442 g/mol. The van der Waals surface area contributed by atoms with Crippen LogP contribution in [0.1, 0.15) is 42.5 Å². The van der Waals surface area contributed by atoms with Crippen LogP contribution in [-0.2, 0) is 9.59 Å². The molecule has 30 heavy (non-hydrogen) atoms. The predicted octanol–water partition coefficient (Wildman–Crippen LogP) is 4.78. The van der Waals surface area contributed by atoms with Gasteiger partial charge in [-0.05, 0) is 49.2 Å². The molecule has 7 heteroatoms.